The Morgan fingerprint density at radius 1 is 1.54 bits per heavy atom. The Kier molecular flexibility index (Phi) is 3.78. The Labute approximate surface area is 91.4 Å². The van der Waals surface area contributed by atoms with Crippen LogP contribution in [0, 0.1) is 9.39 Å². The quantitative estimate of drug-likeness (QED) is 0.600. The Bertz CT molecular complexity index is 319. The van der Waals surface area contributed by atoms with E-state index in [2.05, 4.69) is 4.98 Å². The zero-order valence-corrected chi connectivity index (χ0v) is 9.11. The van der Waals surface area contributed by atoms with E-state index in [0.29, 0.717) is 0 Å². The van der Waals surface area contributed by atoms with E-state index < -0.39 is 17.9 Å². The molecule has 0 radical (unpaired) electrons. The van der Waals surface area contributed by atoms with Gasteiger partial charge in [0.05, 0.1) is 15.6 Å². The first kappa shape index (κ1) is 11.0. The lowest BCUT2D eigenvalue weighted by molar-refractivity contribution is 0.144. The minimum absolute atomic E-state index is 0.0669. The minimum atomic E-state index is -2.72. The fourth-order valence-corrected chi connectivity index (χ4v) is 1.93. The van der Waals surface area contributed by atoms with Gasteiger partial charge in [0.2, 0.25) is 0 Å². The van der Waals surface area contributed by atoms with Crippen LogP contribution in [0.3, 0.4) is 0 Å². The predicted octanol–water partition coefficient (Wildman–Crippen LogP) is 3.50. The summed E-state index contributed by atoms with van der Waals surface area (Å²) in [6.45, 7) is 0. The molecule has 0 N–H and O–H groups in total. The highest BCUT2D eigenvalue weighted by atomic mass is 127. The molecule has 1 heterocycles. The highest BCUT2D eigenvalue weighted by molar-refractivity contribution is 14.1. The van der Waals surface area contributed by atoms with E-state index in [0.717, 1.165) is 6.20 Å². The third-order valence-corrected chi connectivity index (χ3v) is 2.87. The van der Waals surface area contributed by atoms with Crippen LogP contribution in [0.25, 0.3) is 0 Å². The number of aromatic nitrogens is 1. The van der Waals surface area contributed by atoms with Crippen LogP contribution >= 0.6 is 34.2 Å². The predicted molar refractivity (Wildman–Crippen MR) is 51.4 cm³/mol. The molecule has 0 saturated heterocycles. The molecule has 0 spiro atoms. The van der Waals surface area contributed by atoms with E-state index in [1.54, 1.807) is 22.6 Å². The zero-order valence-electron chi connectivity index (χ0n) is 6.20. The van der Waals surface area contributed by atoms with Crippen LogP contribution < -0.4 is 0 Å². The van der Waals surface area contributed by atoms with Gasteiger partial charge in [0, 0.05) is 5.56 Å². The van der Waals surface area contributed by atoms with Gasteiger partial charge >= 0.3 is 0 Å². The Morgan fingerprint density at radius 2 is 2.15 bits per heavy atom. The van der Waals surface area contributed by atoms with Crippen molar-refractivity contribution in [3.8, 4) is 0 Å². The number of hydrogen-bond donors (Lipinski definition) is 0. The number of alkyl halides is 3. The molecule has 0 amide bonds. The maximum atomic E-state index is 12.8. The van der Waals surface area contributed by atoms with Gasteiger partial charge in [0.25, 0.3) is 6.43 Å². The third-order valence-electron chi connectivity index (χ3n) is 1.44. The maximum absolute atomic E-state index is 12.8. The lowest BCUT2D eigenvalue weighted by Gasteiger charge is -2.07. The van der Waals surface area contributed by atoms with Crippen molar-refractivity contribution in [3.05, 3.63) is 26.8 Å². The molecular formula is C7H4ClF3IN. The number of hydrogen-bond acceptors (Lipinski definition) is 1. The largest absolute Gasteiger partial charge is 0.280 e. The molecule has 72 valence electrons. The number of halogens is 5. The molecule has 0 aliphatic carbocycles. The zero-order chi connectivity index (χ0) is 10.0. The van der Waals surface area contributed by atoms with Crippen molar-refractivity contribution in [2.45, 2.75) is 12.3 Å². The van der Waals surface area contributed by atoms with Gasteiger partial charge in [0.1, 0.15) is 5.69 Å². The molecule has 0 aliphatic heterocycles. The average molecular weight is 321 g/mol. The van der Waals surface area contributed by atoms with Crippen molar-refractivity contribution in [3.63, 3.8) is 0 Å². The van der Waals surface area contributed by atoms with Crippen LogP contribution in [-0.4, -0.2) is 4.98 Å². The lowest BCUT2D eigenvalue weighted by Crippen LogP contribution is -2.01. The topological polar surface area (TPSA) is 12.9 Å². The smallest absolute Gasteiger partial charge is 0.252 e. The molecule has 0 bridgehead atoms. The van der Waals surface area contributed by atoms with Crippen LogP contribution in [0.15, 0.2) is 6.20 Å². The van der Waals surface area contributed by atoms with Crippen molar-refractivity contribution in [2.24, 2.45) is 0 Å². The first-order valence-electron chi connectivity index (χ1n) is 3.24. The third kappa shape index (κ3) is 2.25. The lowest BCUT2D eigenvalue weighted by atomic mass is 10.2. The van der Waals surface area contributed by atoms with E-state index in [1.165, 1.54) is 0 Å². The molecule has 0 atom stereocenters. The van der Waals surface area contributed by atoms with Gasteiger partial charge in [-0.1, -0.05) is 0 Å². The molecule has 1 rings (SSSR count). The van der Waals surface area contributed by atoms with Gasteiger partial charge < -0.3 is 0 Å². The average Bonchev–Trinajstić information content (AvgIpc) is 2.09. The first-order valence-corrected chi connectivity index (χ1v) is 4.86. The monoisotopic (exact) mass is 321 g/mol. The molecule has 0 fully saturated rings. The SMILES string of the molecule is Fc1cnc(C(F)F)c(CCl)c1I. The Balaban J connectivity index is 3.30. The van der Waals surface area contributed by atoms with Crippen molar-refractivity contribution in [1.82, 2.24) is 4.98 Å². The fourth-order valence-electron chi connectivity index (χ4n) is 0.833. The minimum Gasteiger partial charge on any atom is -0.252 e. The summed E-state index contributed by atoms with van der Waals surface area (Å²) in [5.74, 6) is -0.788. The molecule has 6 heteroatoms. The van der Waals surface area contributed by atoms with Gasteiger partial charge in [-0.3, -0.25) is 4.98 Å². The fraction of sp³-hybridized carbons (Fsp3) is 0.286. The second kappa shape index (κ2) is 4.45. The summed E-state index contributed by atoms with van der Waals surface area (Å²) in [6.07, 6.45) is -1.94. The van der Waals surface area contributed by atoms with E-state index in [-0.39, 0.29) is 15.0 Å². The van der Waals surface area contributed by atoms with Crippen LogP contribution in [0.1, 0.15) is 17.7 Å². The van der Waals surface area contributed by atoms with Crippen LogP contribution in [0.5, 0.6) is 0 Å². The van der Waals surface area contributed by atoms with Crippen LogP contribution in [0.2, 0.25) is 0 Å². The summed E-state index contributed by atoms with van der Waals surface area (Å²) in [5, 5.41) is 0. The first-order chi connectivity index (χ1) is 6.07. The molecule has 1 aromatic heterocycles. The Hall–Kier alpha value is -0.0400. The molecule has 0 saturated carbocycles. The van der Waals surface area contributed by atoms with Gasteiger partial charge in [0.15, 0.2) is 5.82 Å². The number of nitrogens with zero attached hydrogens (tertiary/aromatic N) is 1. The number of rotatable bonds is 2. The standard InChI is InChI=1S/C7H4ClF3IN/c8-1-3-5(12)4(9)2-13-6(3)7(10)11/h2,7H,1H2. The van der Waals surface area contributed by atoms with Crippen LogP contribution in [-0.2, 0) is 5.88 Å². The van der Waals surface area contributed by atoms with E-state index >= 15 is 0 Å². The highest BCUT2D eigenvalue weighted by Gasteiger charge is 2.18. The molecule has 0 unspecified atom stereocenters. The summed E-state index contributed by atoms with van der Waals surface area (Å²) >= 11 is 7.04. The molecule has 13 heavy (non-hydrogen) atoms. The van der Waals surface area contributed by atoms with Crippen molar-refractivity contribution < 1.29 is 13.2 Å². The molecule has 1 aromatic rings. The van der Waals surface area contributed by atoms with Crippen molar-refractivity contribution in [1.29, 1.82) is 0 Å². The van der Waals surface area contributed by atoms with E-state index in [1.807, 2.05) is 0 Å². The normalized spacial score (nSPS) is 10.9. The maximum Gasteiger partial charge on any atom is 0.280 e. The van der Waals surface area contributed by atoms with Gasteiger partial charge in [-0.15, -0.1) is 11.6 Å². The molecule has 0 aliphatic rings. The summed E-state index contributed by atoms with van der Waals surface area (Å²) in [4.78, 5) is 3.30. The van der Waals surface area contributed by atoms with Crippen molar-refractivity contribution in [2.75, 3.05) is 0 Å². The summed E-state index contributed by atoms with van der Waals surface area (Å²) in [7, 11) is 0. The van der Waals surface area contributed by atoms with E-state index in [9.17, 15) is 13.2 Å². The second-order valence-corrected chi connectivity index (χ2v) is 3.56. The molecule has 1 nitrogen and oxygen atoms in total. The van der Waals surface area contributed by atoms with Gasteiger partial charge in [-0.2, -0.15) is 0 Å². The Morgan fingerprint density at radius 3 is 2.62 bits per heavy atom. The molecular weight excluding hydrogens is 317 g/mol. The van der Waals surface area contributed by atoms with Crippen molar-refractivity contribution >= 4 is 34.2 Å². The van der Waals surface area contributed by atoms with Gasteiger partial charge in [-0.05, 0) is 22.6 Å². The second-order valence-electron chi connectivity index (χ2n) is 2.22. The highest BCUT2D eigenvalue weighted by Crippen LogP contribution is 2.27. The van der Waals surface area contributed by atoms with Gasteiger partial charge in [-0.25, -0.2) is 13.2 Å². The van der Waals surface area contributed by atoms with E-state index in [4.69, 9.17) is 11.6 Å². The van der Waals surface area contributed by atoms with Crippen LogP contribution in [0.4, 0.5) is 13.2 Å². The number of pyridine rings is 1. The molecule has 0 aromatic carbocycles. The summed E-state index contributed by atoms with van der Waals surface area (Å²) in [5.41, 5.74) is -0.377. The summed E-state index contributed by atoms with van der Waals surface area (Å²) < 4.78 is 37.5. The summed E-state index contributed by atoms with van der Waals surface area (Å²) in [6, 6.07) is 0.